The van der Waals surface area contributed by atoms with Gasteiger partial charge in [-0.3, -0.25) is 14.9 Å². The summed E-state index contributed by atoms with van der Waals surface area (Å²) in [4.78, 5) is 22.7. The van der Waals surface area contributed by atoms with Crippen molar-refractivity contribution in [1.82, 2.24) is 0 Å². The summed E-state index contributed by atoms with van der Waals surface area (Å²) in [6.07, 6.45) is 3.16. The Morgan fingerprint density at radius 1 is 1.45 bits per heavy atom. The number of benzene rings is 1. The number of rotatable bonds is 5. The molecule has 1 aromatic rings. The summed E-state index contributed by atoms with van der Waals surface area (Å²) in [6, 6.07) is 7.26. The monoisotopic (exact) mass is 277 g/mol. The number of methoxy groups -OCH3 is 1. The fourth-order valence-corrected chi connectivity index (χ4v) is 2.93. The van der Waals surface area contributed by atoms with Gasteiger partial charge in [0.1, 0.15) is 11.5 Å². The fourth-order valence-electron chi connectivity index (χ4n) is 2.93. The third-order valence-electron chi connectivity index (χ3n) is 3.96. The van der Waals surface area contributed by atoms with Crippen LogP contribution in [0.5, 0.6) is 5.75 Å². The first-order chi connectivity index (χ1) is 9.61. The minimum absolute atomic E-state index is 0.158. The van der Waals surface area contributed by atoms with E-state index in [2.05, 4.69) is 0 Å². The van der Waals surface area contributed by atoms with E-state index < -0.39 is 0 Å². The SMILES string of the molecule is COc1cccc([C@@H](C[N+](=O)[O-])[C@H]2CCCCC2=O)c1. The maximum absolute atomic E-state index is 12.1. The van der Waals surface area contributed by atoms with Gasteiger partial charge in [0, 0.05) is 17.3 Å². The minimum Gasteiger partial charge on any atom is -0.497 e. The predicted octanol–water partition coefficient (Wildman–Crippen LogP) is 2.81. The molecule has 0 N–H and O–H groups in total. The molecule has 5 heteroatoms. The molecule has 0 radical (unpaired) electrons. The molecule has 0 unspecified atom stereocenters. The number of hydrogen-bond donors (Lipinski definition) is 0. The van der Waals surface area contributed by atoms with E-state index in [1.807, 2.05) is 12.1 Å². The number of ketones is 1. The molecule has 0 bridgehead atoms. The van der Waals surface area contributed by atoms with Crippen LogP contribution in [-0.2, 0) is 4.79 Å². The zero-order valence-corrected chi connectivity index (χ0v) is 11.6. The van der Waals surface area contributed by atoms with Gasteiger partial charge < -0.3 is 4.74 Å². The van der Waals surface area contributed by atoms with E-state index in [9.17, 15) is 14.9 Å². The van der Waals surface area contributed by atoms with Crippen molar-refractivity contribution < 1.29 is 14.5 Å². The molecule has 1 fully saturated rings. The number of carbonyl (C=O) groups excluding carboxylic acids is 1. The van der Waals surface area contributed by atoms with Crippen LogP contribution >= 0.6 is 0 Å². The Bertz CT molecular complexity index is 500. The highest BCUT2D eigenvalue weighted by Crippen LogP contribution is 2.35. The third kappa shape index (κ3) is 3.35. The number of ether oxygens (including phenoxy) is 1. The average Bonchev–Trinajstić information content (AvgIpc) is 2.45. The minimum atomic E-state index is -0.354. The van der Waals surface area contributed by atoms with Crippen LogP contribution in [0.2, 0.25) is 0 Å². The van der Waals surface area contributed by atoms with E-state index in [4.69, 9.17) is 4.74 Å². The molecule has 20 heavy (non-hydrogen) atoms. The third-order valence-corrected chi connectivity index (χ3v) is 3.96. The zero-order valence-electron chi connectivity index (χ0n) is 11.6. The molecule has 0 aliphatic heterocycles. The van der Waals surface area contributed by atoms with Crippen LogP contribution in [0.1, 0.15) is 37.2 Å². The van der Waals surface area contributed by atoms with Crippen molar-refractivity contribution in [3.8, 4) is 5.75 Å². The lowest BCUT2D eigenvalue weighted by atomic mass is 9.76. The van der Waals surface area contributed by atoms with Crippen LogP contribution in [0.4, 0.5) is 0 Å². The lowest BCUT2D eigenvalue weighted by Gasteiger charge is -2.27. The molecule has 1 saturated carbocycles. The predicted molar refractivity (Wildman–Crippen MR) is 74.6 cm³/mol. The second-order valence-corrected chi connectivity index (χ2v) is 5.22. The molecule has 0 amide bonds. The van der Waals surface area contributed by atoms with Crippen LogP contribution in [0.15, 0.2) is 24.3 Å². The molecule has 0 saturated heterocycles. The Labute approximate surface area is 118 Å². The first-order valence-electron chi connectivity index (χ1n) is 6.90. The van der Waals surface area contributed by atoms with Crippen molar-refractivity contribution in [2.75, 3.05) is 13.7 Å². The normalized spacial score (nSPS) is 20.4. The van der Waals surface area contributed by atoms with Crippen LogP contribution in [0, 0.1) is 16.0 Å². The molecule has 2 rings (SSSR count). The van der Waals surface area contributed by atoms with Crippen LogP contribution in [0.25, 0.3) is 0 Å². The van der Waals surface area contributed by atoms with Gasteiger partial charge in [-0.25, -0.2) is 0 Å². The summed E-state index contributed by atoms with van der Waals surface area (Å²) < 4.78 is 5.17. The van der Waals surface area contributed by atoms with Crippen molar-refractivity contribution in [2.24, 2.45) is 5.92 Å². The lowest BCUT2D eigenvalue weighted by molar-refractivity contribution is -0.484. The summed E-state index contributed by atoms with van der Waals surface area (Å²) in [5, 5.41) is 10.9. The quantitative estimate of drug-likeness (QED) is 0.613. The summed E-state index contributed by atoms with van der Waals surface area (Å²) >= 11 is 0. The Kier molecular flexibility index (Phi) is 4.71. The van der Waals surface area contributed by atoms with Gasteiger partial charge in [-0.15, -0.1) is 0 Å². The van der Waals surface area contributed by atoms with Crippen molar-refractivity contribution in [1.29, 1.82) is 0 Å². The summed E-state index contributed by atoms with van der Waals surface area (Å²) in [7, 11) is 1.56. The largest absolute Gasteiger partial charge is 0.497 e. The van der Waals surface area contributed by atoms with E-state index in [0.717, 1.165) is 24.8 Å². The highest BCUT2D eigenvalue weighted by Gasteiger charge is 2.34. The van der Waals surface area contributed by atoms with Gasteiger partial charge >= 0.3 is 0 Å². The molecule has 0 spiro atoms. The van der Waals surface area contributed by atoms with Crippen molar-refractivity contribution in [3.63, 3.8) is 0 Å². The topological polar surface area (TPSA) is 69.4 Å². The Hall–Kier alpha value is -1.91. The summed E-state index contributed by atoms with van der Waals surface area (Å²) in [6.45, 7) is -0.205. The first kappa shape index (κ1) is 14.5. The van der Waals surface area contributed by atoms with Crippen molar-refractivity contribution in [2.45, 2.75) is 31.6 Å². The van der Waals surface area contributed by atoms with E-state index in [0.29, 0.717) is 12.2 Å². The average molecular weight is 277 g/mol. The van der Waals surface area contributed by atoms with Crippen molar-refractivity contribution in [3.05, 3.63) is 39.9 Å². The maximum Gasteiger partial charge on any atom is 0.211 e. The number of Topliss-reactive ketones (excluding diaryl/α,β-unsaturated/α-hetero) is 1. The number of nitro groups is 1. The molecule has 1 aliphatic carbocycles. The molecule has 2 atom stereocenters. The highest BCUT2D eigenvalue weighted by molar-refractivity contribution is 5.82. The van der Waals surface area contributed by atoms with Gasteiger partial charge in [-0.05, 0) is 30.5 Å². The Morgan fingerprint density at radius 3 is 2.90 bits per heavy atom. The van der Waals surface area contributed by atoms with Crippen molar-refractivity contribution >= 4 is 5.78 Å². The first-order valence-corrected chi connectivity index (χ1v) is 6.90. The van der Waals surface area contributed by atoms with E-state index in [1.54, 1.807) is 19.2 Å². The van der Waals surface area contributed by atoms with Gasteiger partial charge in [0.05, 0.1) is 13.0 Å². The molecular weight excluding hydrogens is 258 g/mol. The molecule has 0 heterocycles. The van der Waals surface area contributed by atoms with Crippen LogP contribution in [0.3, 0.4) is 0 Å². The van der Waals surface area contributed by atoms with Gasteiger partial charge in [0.2, 0.25) is 6.54 Å². The van der Waals surface area contributed by atoms with E-state index in [-0.39, 0.29) is 29.1 Å². The standard InChI is InChI=1S/C15H19NO4/c1-20-12-6-4-5-11(9-12)14(10-16(18)19)13-7-2-3-8-15(13)17/h4-6,9,13-14H,2-3,7-8,10H2,1H3/t13-,14-/m1/s1. The van der Waals surface area contributed by atoms with Gasteiger partial charge in [-0.1, -0.05) is 18.6 Å². The smallest absolute Gasteiger partial charge is 0.211 e. The molecule has 1 aliphatic rings. The molecule has 0 aromatic heterocycles. The molecular formula is C15H19NO4. The second kappa shape index (κ2) is 6.50. The van der Waals surface area contributed by atoms with Gasteiger partial charge in [0.25, 0.3) is 0 Å². The van der Waals surface area contributed by atoms with Crippen LogP contribution in [-0.4, -0.2) is 24.4 Å². The zero-order chi connectivity index (χ0) is 14.5. The van der Waals surface area contributed by atoms with Gasteiger partial charge in [0.15, 0.2) is 0 Å². The summed E-state index contributed by atoms with van der Waals surface area (Å²) in [5.74, 6) is 0.235. The molecule has 5 nitrogen and oxygen atoms in total. The summed E-state index contributed by atoms with van der Waals surface area (Å²) in [5.41, 5.74) is 0.821. The number of hydrogen-bond acceptors (Lipinski definition) is 4. The fraction of sp³-hybridized carbons (Fsp3) is 0.533. The second-order valence-electron chi connectivity index (χ2n) is 5.22. The van der Waals surface area contributed by atoms with Gasteiger partial charge in [-0.2, -0.15) is 0 Å². The Balaban J connectivity index is 2.30. The number of carbonyl (C=O) groups is 1. The lowest BCUT2D eigenvalue weighted by Crippen LogP contribution is -2.30. The molecule has 108 valence electrons. The molecule has 1 aromatic carbocycles. The Morgan fingerprint density at radius 2 is 2.25 bits per heavy atom. The number of nitrogens with zero attached hydrogens (tertiary/aromatic N) is 1. The van der Waals surface area contributed by atoms with Crippen LogP contribution < -0.4 is 4.74 Å². The maximum atomic E-state index is 12.1. The highest BCUT2D eigenvalue weighted by atomic mass is 16.6. The van der Waals surface area contributed by atoms with E-state index >= 15 is 0 Å². The van der Waals surface area contributed by atoms with E-state index in [1.165, 1.54) is 0 Å².